The molecule has 0 aliphatic carbocycles. The lowest BCUT2D eigenvalue weighted by molar-refractivity contribution is -0.180. The predicted molar refractivity (Wildman–Crippen MR) is 40.5 cm³/mol. The minimum Gasteiger partial charge on any atom is -0.356 e. The normalized spacial score (nSPS) is 15.3. The average molecular weight is 147 g/mol. The van der Waals surface area contributed by atoms with Crippen LogP contribution in [0.25, 0.3) is 0 Å². The molecule has 0 aromatic heterocycles. The number of nitrogens with one attached hydrogen (secondary N) is 1. The molecule has 0 aliphatic heterocycles. The molecule has 3 nitrogen and oxygen atoms in total. The van der Waals surface area contributed by atoms with Crippen LogP contribution in [0.3, 0.4) is 0 Å². The number of aliphatic hydroxyl groups excluding tert-OH is 1. The van der Waals surface area contributed by atoms with Crippen molar-refractivity contribution in [1.82, 2.24) is 5.32 Å². The third kappa shape index (κ3) is 6.01. The highest BCUT2D eigenvalue weighted by Gasteiger charge is 2.14. The summed E-state index contributed by atoms with van der Waals surface area (Å²) in [6.07, 6.45) is -0.843. The summed E-state index contributed by atoms with van der Waals surface area (Å²) in [5.74, 6) is 0. The molecule has 0 radical (unpaired) electrons. The molecule has 0 spiro atoms. The molecule has 0 saturated heterocycles. The number of hydrogen-bond donors (Lipinski definition) is 2. The summed E-state index contributed by atoms with van der Waals surface area (Å²) in [7, 11) is 0. The monoisotopic (exact) mass is 147 g/mol. The second kappa shape index (κ2) is 3.91. The molecule has 2 N–H and O–H groups in total. The highest BCUT2D eigenvalue weighted by molar-refractivity contribution is 4.58. The molecular weight excluding hydrogens is 130 g/mol. The molecule has 0 bridgehead atoms. The molecule has 1 unspecified atom stereocenters. The predicted octanol–water partition coefficient (Wildman–Crippen LogP) is 0.687. The maximum Gasteiger partial charge on any atom is 0.213 e. The van der Waals surface area contributed by atoms with Crippen molar-refractivity contribution in [3.63, 3.8) is 0 Å². The van der Waals surface area contributed by atoms with E-state index in [1.54, 1.807) is 0 Å². The minimum absolute atomic E-state index is 0.290. The smallest absolute Gasteiger partial charge is 0.213 e. The van der Waals surface area contributed by atoms with Gasteiger partial charge in [-0.05, 0) is 27.3 Å². The largest absolute Gasteiger partial charge is 0.356 e. The molecule has 0 amide bonds. The van der Waals surface area contributed by atoms with Crippen LogP contribution in [0, 0.1) is 0 Å². The van der Waals surface area contributed by atoms with Crippen LogP contribution >= 0.6 is 0 Å². The van der Waals surface area contributed by atoms with Crippen LogP contribution < -0.4 is 5.32 Å². The van der Waals surface area contributed by atoms with E-state index in [4.69, 9.17) is 9.84 Å². The summed E-state index contributed by atoms with van der Waals surface area (Å²) in [6, 6.07) is 0. The molecule has 62 valence electrons. The van der Waals surface area contributed by atoms with E-state index in [0.717, 1.165) is 0 Å². The minimum atomic E-state index is -0.843. The summed E-state index contributed by atoms with van der Waals surface area (Å²) >= 11 is 0. The van der Waals surface area contributed by atoms with Crippen LogP contribution in [-0.4, -0.2) is 23.7 Å². The summed E-state index contributed by atoms with van der Waals surface area (Å²) in [4.78, 5) is 0. The van der Waals surface area contributed by atoms with Gasteiger partial charge in [-0.25, -0.2) is 0 Å². The van der Waals surface area contributed by atoms with Gasteiger partial charge in [0.1, 0.15) is 0 Å². The van der Waals surface area contributed by atoms with Crippen molar-refractivity contribution in [3.8, 4) is 0 Å². The van der Waals surface area contributed by atoms with Crippen LogP contribution in [0.4, 0.5) is 0 Å². The molecule has 0 aliphatic rings. The van der Waals surface area contributed by atoms with Crippen molar-refractivity contribution in [3.05, 3.63) is 0 Å². The average Bonchev–Trinajstić information content (AvgIpc) is 1.59. The van der Waals surface area contributed by atoms with Crippen molar-refractivity contribution in [2.24, 2.45) is 0 Å². The Bertz CT molecular complexity index is 88.1. The highest BCUT2D eigenvalue weighted by Crippen LogP contribution is 2.07. The van der Waals surface area contributed by atoms with Crippen LogP contribution in [0.1, 0.15) is 27.7 Å². The van der Waals surface area contributed by atoms with Gasteiger partial charge >= 0.3 is 0 Å². The fraction of sp³-hybridized carbons (Fsp3) is 1.00. The first-order valence-electron chi connectivity index (χ1n) is 3.55. The molecule has 3 heteroatoms. The van der Waals surface area contributed by atoms with E-state index in [0.29, 0.717) is 6.54 Å². The molecule has 0 rings (SSSR count). The first-order valence-corrected chi connectivity index (χ1v) is 3.55. The molecule has 0 saturated carbocycles. The van der Waals surface area contributed by atoms with Crippen molar-refractivity contribution in [2.45, 2.75) is 39.7 Å². The van der Waals surface area contributed by atoms with Gasteiger partial charge in [-0.1, -0.05) is 6.92 Å². The van der Waals surface area contributed by atoms with Gasteiger partial charge in [0.15, 0.2) is 0 Å². The maximum absolute atomic E-state index is 9.05. The number of hydrogen-bond acceptors (Lipinski definition) is 3. The summed E-state index contributed by atoms with van der Waals surface area (Å²) < 4.78 is 5.12. The molecule has 0 aromatic carbocycles. The zero-order chi connectivity index (χ0) is 8.20. The van der Waals surface area contributed by atoms with E-state index in [1.165, 1.54) is 0 Å². The zero-order valence-corrected chi connectivity index (χ0v) is 7.14. The highest BCUT2D eigenvalue weighted by atomic mass is 16.6. The molecule has 1 atom stereocenters. The summed E-state index contributed by atoms with van der Waals surface area (Å²) in [5, 5.41) is 11.8. The lowest BCUT2D eigenvalue weighted by Gasteiger charge is -2.23. The molecule has 0 aromatic rings. The van der Waals surface area contributed by atoms with Gasteiger partial charge in [0, 0.05) is 0 Å². The van der Waals surface area contributed by atoms with Gasteiger partial charge in [0.25, 0.3) is 0 Å². The van der Waals surface area contributed by atoms with E-state index in [9.17, 15) is 0 Å². The van der Waals surface area contributed by atoms with Gasteiger partial charge in [-0.2, -0.15) is 0 Å². The quantitative estimate of drug-likeness (QED) is 0.577. The number of aliphatic hydroxyl groups is 1. The van der Waals surface area contributed by atoms with Crippen LogP contribution in [0.5, 0.6) is 0 Å². The van der Waals surface area contributed by atoms with E-state index in [2.05, 4.69) is 5.32 Å². The van der Waals surface area contributed by atoms with Crippen molar-refractivity contribution < 1.29 is 9.84 Å². The molecule has 0 heterocycles. The van der Waals surface area contributed by atoms with Crippen molar-refractivity contribution >= 4 is 0 Å². The van der Waals surface area contributed by atoms with Crippen LogP contribution in [0.2, 0.25) is 0 Å². The summed E-state index contributed by atoms with van der Waals surface area (Å²) in [6.45, 7) is 8.31. The Morgan fingerprint density at radius 1 is 1.50 bits per heavy atom. The van der Waals surface area contributed by atoms with Gasteiger partial charge in [-0.3, -0.25) is 5.32 Å². The lowest BCUT2D eigenvalue weighted by Crippen LogP contribution is -2.37. The van der Waals surface area contributed by atoms with E-state index in [-0.39, 0.29) is 5.60 Å². The lowest BCUT2D eigenvalue weighted by atomic mass is 10.2. The Morgan fingerprint density at radius 2 is 2.00 bits per heavy atom. The third-order valence-corrected chi connectivity index (χ3v) is 0.844. The molecule has 10 heavy (non-hydrogen) atoms. The standard InChI is InChI=1S/C7H17NO2/c1-5-8-6(9)10-7(2,3)4/h6,8-9H,5H2,1-4H3. The Labute approximate surface area is 62.4 Å². The number of rotatable bonds is 3. The Kier molecular flexibility index (Phi) is 3.86. The summed E-state index contributed by atoms with van der Waals surface area (Å²) in [5.41, 5.74) is -0.290. The second-order valence-electron chi connectivity index (χ2n) is 3.14. The SMILES string of the molecule is CCNC(O)OC(C)(C)C. The zero-order valence-electron chi connectivity index (χ0n) is 7.14. The fourth-order valence-corrected chi connectivity index (χ4v) is 0.551. The van der Waals surface area contributed by atoms with Crippen LogP contribution in [-0.2, 0) is 4.74 Å². The maximum atomic E-state index is 9.05. The second-order valence-corrected chi connectivity index (χ2v) is 3.14. The van der Waals surface area contributed by atoms with Crippen molar-refractivity contribution in [2.75, 3.05) is 6.54 Å². The van der Waals surface area contributed by atoms with E-state index in [1.807, 2.05) is 27.7 Å². The molecule has 0 fully saturated rings. The van der Waals surface area contributed by atoms with Crippen LogP contribution in [0.15, 0.2) is 0 Å². The fourth-order valence-electron chi connectivity index (χ4n) is 0.551. The van der Waals surface area contributed by atoms with Crippen molar-refractivity contribution in [1.29, 1.82) is 0 Å². The van der Waals surface area contributed by atoms with Gasteiger partial charge in [0.05, 0.1) is 5.60 Å². The Balaban J connectivity index is 3.47. The Hall–Kier alpha value is -0.120. The first kappa shape index (κ1) is 9.88. The van der Waals surface area contributed by atoms with E-state index >= 15 is 0 Å². The third-order valence-electron chi connectivity index (χ3n) is 0.844. The van der Waals surface area contributed by atoms with Gasteiger partial charge in [0.2, 0.25) is 6.41 Å². The Morgan fingerprint density at radius 3 is 2.30 bits per heavy atom. The molecular formula is C7H17NO2. The van der Waals surface area contributed by atoms with E-state index < -0.39 is 6.41 Å². The first-order chi connectivity index (χ1) is 4.45. The topological polar surface area (TPSA) is 41.5 Å². The number of ether oxygens (including phenoxy) is 1. The van der Waals surface area contributed by atoms with Gasteiger partial charge < -0.3 is 9.84 Å². The van der Waals surface area contributed by atoms with Gasteiger partial charge in [-0.15, -0.1) is 0 Å².